The number of pyridine rings is 1. The molecule has 0 saturated heterocycles. The molecule has 1 aromatic rings. The molecule has 0 bridgehead atoms. The number of carbonyl (C=O) groups is 1. The average molecular weight is 289 g/mol. The van der Waals surface area contributed by atoms with Gasteiger partial charge < -0.3 is 4.74 Å². The molecule has 0 radical (unpaired) electrons. The van der Waals surface area contributed by atoms with E-state index in [0.717, 1.165) is 6.20 Å². The Morgan fingerprint density at radius 2 is 2.26 bits per heavy atom. The summed E-state index contributed by atoms with van der Waals surface area (Å²) in [6, 6.07) is 1.81. The van der Waals surface area contributed by atoms with Crippen LogP contribution in [0, 0.1) is 11.3 Å². The van der Waals surface area contributed by atoms with Gasteiger partial charge in [-0.25, -0.2) is 8.78 Å². The Hall–Kier alpha value is -1.74. The predicted octanol–water partition coefficient (Wildman–Crippen LogP) is 2.74. The smallest absolute Gasteiger partial charge is 0.310 e. The first kappa shape index (κ1) is 15.3. The van der Waals surface area contributed by atoms with Crippen LogP contribution in [0.4, 0.5) is 8.78 Å². The summed E-state index contributed by atoms with van der Waals surface area (Å²) in [6.45, 7) is 1.80. The first-order valence-corrected chi connectivity index (χ1v) is 5.99. The summed E-state index contributed by atoms with van der Waals surface area (Å²) in [4.78, 5) is 15.0. The standard InChI is InChI=1S/C12H11ClF2N2O2/c1-2-19-10(18)3-8-7(5-16)6-17-11(12(14)15)9(8)4-13/h6,12H,2-4H2,1H3. The van der Waals surface area contributed by atoms with Crippen LogP contribution in [0.2, 0.25) is 0 Å². The van der Waals surface area contributed by atoms with Crippen molar-refractivity contribution in [3.63, 3.8) is 0 Å². The Balaban J connectivity index is 3.28. The average Bonchev–Trinajstić information content (AvgIpc) is 2.38. The summed E-state index contributed by atoms with van der Waals surface area (Å²) in [5.74, 6) is -0.853. The van der Waals surface area contributed by atoms with Crippen LogP contribution in [0.5, 0.6) is 0 Å². The highest BCUT2D eigenvalue weighted by Gasteiger charge is 2.22. The molecule has 102 valence electrons. The van der Waals surface area contributed by atoms with Crippen LogP contribution in [-0.2, 0) is 21.8 Å². The predicted molar refractivity (Wildman–Crippen MR) is 63.8 cm³/mol. The molecule has 1 rings (SSSR count). The Kier molecular flexibility index (Phi) is 5.64. The van der Waals surface area contributed by atoms with Crippen molar-refractivity contribution < 1.29 is 18.3 Å². The van der Waals surface area contributed by atoms with Crippen LogP contribution in [0.3, 0.4) is 0 Å². The van der Waals surface area contributed by atoms with Gasteiger partial charge in [0.15, 0.2) is 0 Å². The molecule has 0 atom stereocenters. The summed E-state index contributed by atoms with van der Waals surface area (Å²) in [5, 5.41) is 8.94. The molecule has 19 heavy (non-hydrogen) atoms. The minimum Gasteiger partial charge on any atom is -0.466 e. The van der Waals surface area contributed by atoms with Gasteiger partial charge >= 0.3 is 5.97 Å². The molecule has 0 saturated carbocycles. The molecule has 1 heterocycles. The van der Waals surface area contributed by atoms with Crippen LogP contribution >= 0.6 is 11.6 Å². The topological polar surface area (TPSA) is 63.0 Å². The lowest BCUT2D eigenvalue weighted by atomic mass is 10.00. The summed E-state index contributed by atoms with van der Waals surface area (Å²) in [6.07, 6.45) is -2.07. The molecule has 0 aliphatic carbocycles. The molecule has 0 unspecified atom stereocenters. The number of aromatic nitrogens is 1. The van der Waals surface area contributed by atoms with Crippen LogP contribution in [0.15, 0.2) is 6.20 Å². The minimum absolute atomic E-state index is 0.0174. The van der Waals surface area contributed by atoms with E-state index in [0.29, 0.717) is 0 Å². The third-order valence-corrected chi connectivity index (χ3v) is 2.69. The second-order valence-corrected chi connectivity index (χ2v) is 3.81. The highest BCUT2D eigenvalue weighted by atomic mass is 35.5. The van der Waals surface area contributed by atoms with Crippen molar-refractivity contribution in [2.75, 3.05) is 6.61 Å². The van der Waals surface area contributed by atoms with E-state index in [1.54, 1.807) is 6.92 Å². The Morgan fingerprint density at radius 3 is 2.74 bits per heavy atom. The van der Waals surface area contributed by atoms with Crippen molar-refractivity contribution in [3.05, 3.63) is 28.6 Å². The number of ether oxygens (including phenoxy) is 1. The van der Waals surface area contributed by atoms with Gasteiger partial charge in [0.1, 0.15) is 11.8 Å². The van der Waals surface area contributed by atoms with Gasteiger partial charge in [-0.2, -0.15) is 5.26 Å². The Bertz CT molecular complexity index is 515. The second-order valence-electron chi connectivity index (χ2n) is 3.54. The number of halogens is 3. The van der Waals surface area contributed by atoms with Crippen molar-refractivity contribution >= 4 is 17.6 Å². The molecule has 0 amide bonds. The lowest BCUT2D eigenvalue weighted by molar-refractivity contribution is -0.142. The fraction of sp³-hybridized carbons (Fsp3) is 0.417. The van der Waals surface area contributed by atoms with Crippen LogP contribution in [0.1, 0.15) is 35.7 Å². The summed E-state index contributed by atoms with van der Waals surface area (Å²) in [7, 11) is 0. The second kappa shape index (κ2) is 7.00. The number of nitrogens with zero attached hydrogens (tertiary/aromatic N) is 2. The normalized spacial score (nSPS) is 10.3. The highest BCUT2D eigenvalue weighted by molar-refractivity contribution is 6.17. The van der Waals surface area contributed by atoms with E-state index in [-0.39, 0.29) is 35.6 Å². The zero-order chi connectivity index (χ0) is 14.4. The fourth-order valence-corrected chi connectivity index (χ4v) is 1.90. The number of hydrogen-bond acceptors (Lipinski definition) is 4. The van der Waals surface area contributed by atoms with E-state index >= 15 is 0 Å². The quantitative estimate of drug-likeness (QED) is 0.617. The van der Waals surface area contributed by atoms with Crippen LogP contribution in [-0.4, -0.2) is 17.6 Å². The highest BCUT2D eigenvalue weighted by Crippen LogP contribution is 2.27. The number of alkyl halides is 3. The van der Waals surface area contributed by atoms with Gasteiger partial charge in [-0.05, 0) is 18.1 Å². The third-order valence-electron chi connectivity index (χ3n) is 2.42. The molecule has 0 fully saturated rings. The Labute approximate surface area is 114 Å². The summed E-state index contributed by atoms with van der Waals surface area (Å²) < 4.78 is 30.3. The molecule has 0 N–H and O–H groups in total. The molecule has 0 spiro atoms. The molecular formula is C12H11ClF2N2O2. The molecule has 0 aliphatic rings. The van der Waals surface area contributed by atoms with E-state index in [9.17, 15) is 13.6 Å². The van der Waals surface area contributed by atoms with Gasteiger partial charge in [-0.15, -0.1) is 11.6 Å². The van der Waals surface area contributed by atoms with E-state index in [4.69, 9.17) is 21.6 Å². The number of hydrogen-bond donors (Lipinski definition) is 0. The number of rotatable bonds is 5. The van der Waals surface area contributed by atoms with Crippen molar-refractivity contribution in [2.24, 2.45) is 0 Å². The van der Waals surface area contributed by atoms with Crippen molar-refractivity contribution in [1.82, 2.24) is 4.98 Å². The molecule has 7 heteroatoms. The number of esters is 1. The molecule has 4 nitrogen and oxygen atoms in total. The largest absolute Gasteiger partial charge is 0.466 e. The number of carbonyl (C=O) groups excluding carboxylic acids is 1. The molecular weight excluding hydrogens is 278 g/mol. The van der Waals surface area contributed by atoms with Crippen molar-refractivity contribution in [3.8, 4) is 6.07 Å². The summed E-state index contributed by atoms with van der Waals surface area (Å²) >= 11 is 5.64. The zero-order valence-electron chi connectivity index (χ0n) is 10.1. The van der Waals surface area contributed by atoms with Crippen molar-refractivity contribution in [2.45, 2.75) is 25.7 Å². The first-order valence-electron chi connectivity index (χ1n) is 5.45. The third kappa shape index (κ3) is 3.61. The van der Waals surface area contributed by atoms with Gasteiger partial charge in [0.05, 0.1) is 18.6 Å². The van der Waals surface area contributed by atoms with Crippen LogP contribution < -0.4 is 0 Å². The van der Waals surface area contributed by atoms with Crippen molar-refractivity contribution in [1.29, 1.82) is 5.26 Å². The molecule has 0 aromatic carbocycles. The van der Waals surface area contributed by atoms with E-state index in [1.165, 1.54) is 0 Å². The van der Waals surface area contributed by atoms with Gasteiger partial charge in [0.2, 0.25) is 0 Å². The van der Waals surface area contributed by atoms with Gasteiger partial charge in [-0.1, -0.05) is 0 Å². The SMILES string of the molecule is CCOC(=O)Cc1c(C#N)cnc(C(F)F)c1CCl. The summed E-state index contributed by atoms with van der Waals surface area (Å²) in [5.41, 5.74) is -0.286. The number of nitriles is 1. The fourth-order valence-electron chi connectivity index (χ4n) is 1.60. The van der Waals surface area contributed by atoms with Gasteiger partial charge in [0.25, 0.3) is 6.43 Å². The lowest BCUT2D eigenvalue weighted by Gasteiger charge is -2.12. The van der Waals surface area contributed by atoms with E-state index < -0.39 is 18.1 Å². The monoisotopic (exact) mass is 288 g/mol. The van der Waals surface area contributed by atoms with E-state index in [2.05, 4.69) is 4.98 Å². The maximum absolute atomic E-state index is 12.8. The van der Waals surface area contributed by atoms with Gasteiger partial charge in [0, 0.05) is 12.1 Å². The molecule has 0 aliphatic heterocycles. The van der Waals surface area contributed by atoms with Crippen LogP contribution in [0.25, 0.3) is 0 Å². The van der Waals surface area contributed by atoms with Gasteiger partial charge in [-0.3, -0.25) is 9.78 Å². The molecule has 1 aromatic heterocycles. The Morgan fingerprint density at radius 1 is 1.58 bits per heavy atom. The maximum Gasteiger partial charge on any atom is 0.310 e. The lowest BCUT2D eigenvalue weighted by Crippen LogP contribution is -2.13. The first-order chi connectivity index (χ1) is 9.04. The minimum atomic E-state index is -2.82. The maximum atomic E-state index is 12.8. The van der Waals surface area contributed by atoms with E-state index in [1.807, 2.05) is 6.07 Å². The zero-order valence-corrected chi connectivity index (χ0v) is 10.9.